The SMILES string of the molecule is CC(C)(C)NC(=O)CN1CCN(C(=O)CSc2ccc(S(=O)(=O)N3CCCCC3)cn2)CC1. The van der Waals surface area contributed by atoms with Gasteiger partial charge in [0.2, 0.25) is 21.8 Å². The van der Waals surface area contributed by atoms with Crippen LogP contribution in [-0.2, 0) is 19.6 Å². The summed E-state index contributed by atoms with van der Waals surface area (Å²) < 4.78 is 27.0. The fourth-order valence-electron chi connectivity index (χ4n) is 3.90. The van der Waals surface area contributed by atoms with Crippen LogP contribution in [0.1, 0.15) is 40.0 Å². The highest BCUT2D eigenvalue weighted by Gasteiger charge is 2.27. The van der Waals surface area contributed by atoms with Gasteiger partial charge in [-0.05, 0) is 45.7 Å². The molecule has 0 radical (unpaired) electrons. The Morgan fingerprint density at radius 2 is 1.70 bits per heavy atom. The molecule has 1 aromatic rings. The number of carbonyl (C=O) groups is 2. The molecule has 0 bridgehead atoms. The van der Waals surface area contributed by atoms with Gasteiger partial charge in [-0.15, -0.1) is 0 Å². The van der Waals surface area contributed by atoms with Crippen LogP contribution in [0, 0.1) is 0 Å². The van der Waals surface area contributed by atoms with E-state index in [2.05, 4.69) is 15.2 Å². The molecular weight excluding hydrogens is 462 g/mol. The summed E-state index contributed by atoms with van der Waals surface area (Å²) in [6.07, 6.45) is 4.23. The molecule has 3 heterocycles. The number of piperazine rings is 1. The molecule has 184 valence electrons. The van der Waals surface area contributed by atoms with Crippen molar-refractivity contribution in [2.45, 2.75) is 55.5 Å². The van der Waals surface area contributed by atoms with Gasteiger partial charge in [-0.2, -0.15) is 4.31 Å². The molecule has 9 nitrogen and oxygen atoms in total. The molecule has 0 aliphatic carbocycles. The van der Waals surface area contributed by atoms with Crippen LogP contribution in [-0.4, -0.2) is 96.4 Å². The zero-order chi connectivity index (χ0) is 24.1. The number of hydrogen-bond donors (Lipinski definition) is 1. The van der Waals surface area contributed by atoms with Crippen molar-refractivity contribution in [2.75, 3.05) is 51.6 Å². The molecule has 2 saturated heterocycles. The first-order valence-corrected chi connectivity index (χ1v) is 13.9. The van der Waals surface area contributed by atoms with Crippen LogP contribution in [0.15, 0.2) is 28.3 Å². The van der Waals surface area contributed by atoms with Crippen molar-refractivity contribution in [3.05, 3.63) is 18.3 Å². The first-order valence-electron chi connectivity index (χ1n) is 11.4. The van der Waals surface area contributed by atoms with Crippen LogP contribution in [0.25, 0.3) is 0 Å². The van der Waals surface area contributed by atoms with E-state index < -0.39 is 10.0 Å². The molecular formula is C22H35N5O4S2. The second-order valence-electron chi connectivity index (χ2n) is 9.54. The molecule has 33 heavy (non-hydrogen) atoms. The quantitative estimate of drug-likeness (QED) is 0.568. The van der Waals surface area contributed by atoms with E-state index in [0.29, 0.717) is 50.8 Å². The third kappa shape index (κ3) is 7.66. The summed E-state index contributed by atoms with van der Waals surface area (Å²) in [5.74, 6) is 0.260. The average Bonchev–Trinajstić information content (AvgIpc) is 2.77. The Morgan fingerprint density at radius 1 is 1.03 bits per heavy atom. The molecule has 0 saturated carbocycles. The van der Waals surface area contributed by atoms with E-state index in [-0.39, 0.29) is 28.0 Å². The first-order chi connectivity index (χ1) is 15.5. The third-order valence-corrected chi connectivity index (χ3v) is 8.42. The summed E-state index contributed by atoms with van der Waals surface area (Å²) >= 11 is 1.31. The van der Waals surface area contributed by atoms with Gasteiger partial charge in [0.25, 0.3) is 0 Å². The smallest absolute Gasteiger partial charge is 0.244 e. The highest BCUT2D eigenvalue weighted by molar-refractivity contribution is 7.99. The standard InChI is InChI=1S/C22H35N5O4S2/c1-22(2,3)24-19(28)16-25-11-13-26(14-12-25)21(29)17-32-20-8-7-18(15-23-20)33(30,31)27-9-5-4-6-10-27/h7-8,15H,4-6,9-14,16-17H2,1-3H3,(H,24,28). The molecule has 0 atom stereocenters. The predicted octanol–water partition coefficient (Wildman–Crippen LogP) is 1.41. The van der Waals surface area contributed by atoms with Gasteiger partial charge in [-0.1, -0.05) is 18.2 Å². The van der Waals surface area contributed by atoms with E-state index in [1.165, 1.54) is 22.3 Å². The number of piperidine rings is 1. The maximum atomic E-state index is 12.7. The summed E-state index contributed by atoms with van der Waals surface area (Å²) in [5.41, 5.74) is -0.254. The molecule has 1 aromatic heterocycles. The minimum Gasteiger partial charge on any atom is -0.350 e. The number of nitrogens with zero attached hydrogens (tertiary/aromatic N) is 4. The number of hydrogen-bond acceptors (Lipinski definition) is 7. The molecule has 11 heteroatoms. The highest BCUT2D eigenvalue weighted by atomic mass is 32.2. The van der Waals surface area contributed by atoms with Gasteiger partial charge < -0.3 is 10.2 Å². The molecule has 0 unspecified atom stereocenters. The lowest BCUT2D eigenvalue weighted by molar-refractivity contribution is -0.130. The minimum atomic E-state index is -3.50. The Hall–Kier alpha value is -1.69. The van der Waals surface area contributed by atoms with Gasteiger partial charge in [0.1, 0.15) is 4.90 Å². The van der Waals surface area contributed by atoms with Crippen molar-refractivity contribution in [1.82, 2.24) is 24.4 Å². The van der Waals surface area contributed by atoms with Crippen LogP contribution in [0.2, 0.25) is 0 Å². The van der Waals surface area contributed by atoms with E-state index in [9.17, 15) is 18.0 Å². The second-order valence-corrected chi connectivity index (χ2v) is 12.5. The van der Waals surface area contributed by atoms with E-state index in [1.807, 2.05) is 20.8 Å². The lowest BCUT2D eigenvalue weighted by Crippen LogP contribution is -2.53. The topological polar surface area (TPSA) is 103 Å². The zero-order valence-corrected chi connectivity index (χ0v) is 21.4. The Morgan fingerprint density at radius 3 is 2.27 bits per heavy atom. The Bertz CT molecular complexity index is 917. The van der Waals surface area contributed by atoms with E-state index in [1.54, 1.807) is 17.0 Å². The monoisotopic (exact) mass is 497 g/mol. The van der Waals surface area contributed by atoms with E-state index in [0.717, 1.165) is 19.3 Å². The molecule has 2 aliphatic heterocycles. The van der Waals surface area contributed by atoms with Crippen molar-refractivity contribution in [1.29, 1.82) is 0 Å². The van der Waals surface area contributed by atoms with Gasteiger partial charge in [0, 0.05) is 51.0 Å². The largest absolute Gasteiger partial charge is 0.350 e. The Labute approximate surface area is 201 Å². The van der Waals surface area contributed by atoms with Gasteiger partial charge in [-0.3, -0.25) is 14.5 Å². The number of pyridine rings is 1. The third-order valence-electron chi connectivity index (χ3n) is 5.61. The van der Waals surface area contributed by atoms with Gasteiger partial charge in [-0.25, -0.2) is 13.4 Å². The molecule has 0 aromatic carbocycles. The van der Waals surface area contributed by atoms with E-state index in [4.69, 9.17) is 0 Å². The van der Waals surface area contributed by atoms with E-state index >= 15 is 0 Å². The molecule has 0 spiro atoms. The van der Waals surface area contributed by atoms with Gasteiger partial charge >= 0.3 is 0 Å². The van der Waals surface area contributed by atoms with Crippen LogP contribution < -0.4 is 5.32 Å². The number of amides is 2. The maximum absolute atomic E-state index is 12.7. The van der Waals surface area contributed by atoms with Crippen molar-refractivity contribution >= 4 is 33.6 Å². The van der Waals surface area contributed by atoms with Crippen LogP contribution in [0.4, 0.5) is 0 Å². The fourth-order valence-corrected chi connectivity index (χ4v) is 6.11. The van der Waals surface area contributed by atoms with Crippen molar-refractivity contribution in [3.63, 3.8) is 0 Å². The number of carbonyl (C=O) groups excluding carboxylic acids is 2. The van der Waals surface area contributed by atoms with Crippen LogP contribution >= 0.6 is 11.8 Å². The summed E-state index contributed by atoms with van der Waals surface area (Å²) in [5, 5.41) is 3.58. The Kier molecular flexibility index (Phi) is 8.76. The van der Waals surface area contributed by atoms with Crippen LogP contribution in [0.5, 0.6) is 0 Å². The van der Waals surface area contributed by atoms with Gasteiger partial charge in [0.05, 0.1) is 17.3 Å². The summed E-state index contributed by atoms with van der Waals surface area (Å²) in [4.78, 5) is 33.0. The van der Waals surface area contributed by atoms with Crippen molar-refractivity contribution in [3.8, 4) is 0 Å². The maximum Gasteiger partial charge on any atom is 0.244 e. The highest BCUT2D eigenvalue weighted by Crippen LogP contribution is 2.22. The number of aromatic nitrogens is 1. The fraction of sp³-hybridized carbons (Fsp3) is 0.682. The molecule has 2 aliphatic rings. The summed E-state index contributed by atoms with van der Waals surface area (Å²) in [7, 11) is -3.50. The van der Waals surface area contributed by atoms with Crippen molar-refractivity contribution < 1.29 is 18.0 Å². The molecule has 3 rings (SSSR count). The van der Waals surface area contributed by atoms with Crippen LogP contribution in [0.3, 0.4) is 0 Å². The minimum absolute atomic E-state index is 0.00495. The molecule has 2 fully saturated rings. The average molecular weight is 498 g/mol. The summed E-state index contributed by atoms with van der Waals surface area (Å²) in [6.45, 7) is 9.81. The normalized spacial score (nSPS) is 18.8. The second kappa shape index (κ2) is 11.2. The Balaban J connectivity index is 1.43. The van der Waals surface area contributed by atoms with Gasteiger partial charge in [0.15, 0.2) is 0 Å². The molecule has 1 N–H and O–H groups in total. The first kappa shape index (κ1) is 25.9. The number of sulfonamides is 1. The zero-order valence-electron chi connectivity index (χ0n) is 19.7. The number of rotatable bonds is 7. The lowest BCUT2D eigenvalue weighted by atomic mass is 10.1. The molecule has 2 amide bonds. The van der Waals surface area contributed by atoms with Crippen molar-refractivity contribution in [2.24, 2.45) is 0 Å². The lowest BCUT2D eigenvalue weighted by Gasteiger charge is -2.34. The number of nitrogens with one attached hydrogen (secondary N) is 1. The summed E-state index contributed by atoms with van der Waals surface area (Å²) in [6, 6.07) is 3.24. The predicted molar refractivity (Wildman–Crippen MR) is 128 cm³/mol. The number of thioether (sulfide) groups is 1.